The van der Waals surface area contributed by atoms with Gasteiger partial charge in [0.05, 0.1) is 0 Å². The molecule has 1 unspecified atom stereocenters. The fraction of sp³-hybridized carbons (Fsp3) is 0.205. The third-order valence-corrected chi connectivity index (χ3v) is 12.1. The molecule has 0 bridgehead atoms. The summed E-state index contributed by atoms with van der Waals surface area (Å²) in [6, 6.07) is 27.9. The maximum absolute atomic E-state index is 5.84. The zero-order valence-corrected chi connectivity index (χ0v) is 34.2. The summed E-state index contributed by atoms with van der Waals surface area (Å²) in [5.41, 5.74) is 9.82. The molecule has 0 heterocycles. The van der Waals surface area contributed by atoms with Crippen molar-refractivity contribution in [1.29, 1.82) is 0 Å². The van der Waals surface area contributed by atoms with Crippen LogP contribution in [0.2, 0.25) is 10.0 Å². The van der Waals surface area contributed by atoms with E-state index in [1.807, 2.05) is 30.3 Å². The van der Waals surface area contributed by atoms with Gasteiger partial charge in [-0.1, -0.05) is 88.1 Å². The molecule has 0 aromatic heterocycles. The molecule has 0 N–H and O–H groups in total. The fourth-order valence-corrected chi connectivity index (χ4v) is 8.76. The minimum absolute atomic E-state index is 0. The van der Waals surface area contributed by atoms with Crippen LogP contribution in [0.4, 0.5) is 0 Å². The number of hydrogen-bond donors (Lipinski definition) is 0. The Morgan fingerprint density at radius 2 is 1.12 bits per heavy atom. The van der Waals surface area contributed by atoms with Crippen LogP contribution < -0.4 is 24.8 Å². The molecule has 0 fully saturated rings. The summed E-state index contributed by atoms with van der Waals surface area (Å²) < 4.78 is 4.66. The van der Waals surface area contributed by atoms with Crippen molar-refractivity contribution in [3.05, 3.63) is 158 Å². The summed E-state index contributed by atoms with van der Waals surface area (Å²) in [6.07, 6.45) is 16.6. The molecule has 3 aliphatic rings. The van der Waals surface area contributed by atoms with Gasteiger partial charge in [-0.25, -0.2) is 11.6 Å². The monoisotopic (exact) mass is 798 g/mol. The van der Waals surface area contributed by atoms with Crippen LogP contribution in [-0.4, -0.2) is 7.42 Å². The normalized spacial score (nSPS) is 16.6. The Morgan fingerprint density at radius 1 is 0.694 bits per heavy atom. The predicted molar refractivity (Wildman–Crippen MR) is 205 cm³/mol. The minimum Gasteiger partial charge on any atom is -1.00 e. The number of rotatable bonds is 2. The first-order valence-electron chi connectivity index (χ1n) is 16.2. The number of benzene rings is 4. The average Bonchev–Trinajstić information content (AvgIpc) is 3.77. The smallest absolute Gasteiger partial charge is 1.00 e. The number of fused-ring (bicyclic) bond motifs is 5. The van der Waals surface area contributed by atoms with E-state index in [1.54, 1.807) is 0 Å². The Labute approximate surface area is 325 Å². The van der Waals surface area contributed by atoms with Gasteiger partial charge in [0.1, 0.15) is 0 Å². The van der Waals surface area contributed by atoms with Gasteiger partial charge in [0.25, 0.3) is 0 Å². The molecule has 1 atom stereocenters. The van der Waals surface area contributed by atoms with E-state index in [1.165, 1.54) is 60.5 Å². The second-order valence-electron chi connectivity index (χ2n) is 13.9. The van der Waals surface area contributed by atoms with E-state index in [0.29, 0.717) is 5.92 Å². The van der Waals surface area contributed by atoms with Gasteiger partial charge in [-0.15, -0.1) is 46.7 Å². The molecule has 252 valence electrons. The standard InChI is InChI=1S/C23H21.2C7H5Cl.C7H9.2ClH.Zr/c1-22(2)7-5-14-10-18-16(12-20(14)22)9-17-13-21-15(11-19(17)18)6-8-23(21,3)4;2*1-6-2-4-7(8)5-3-6;1-6-3-4-7(2)5-6;;;/h5-13H,1-4H3;2*1-5H;3,5,7H,1-2H3;2*1H;/q-1;;;-1;;;/p-2. The largest absolute Gasteiger partial charge is 1.00 e. The van der Waals surface area contributed by atoms with Gasteiger partial charge in [-0.05, 0) is 11.1 Å². The molecule has 0 nitrogen and oxygen atoms in total. The minimum atomic E-state index is -0.623. The van der Waals surface area contributed by atoms with Gasteiger partial charge in [0, 0.05) is 10.8 Å². The third-order valence-electron chi connectivity index (χ3n) is 9.12. The number of halogens is 4. The van der Waals surface area contributed by atoms with E-state index >= 15 is 0 Å². The molecular weight excluding hydrogens is 762 g/mol. The quantitative estimate of drug-likeness (QED) is 0.183. The van der Waals surface area contributed by atoms with Crippen LogP contribution in [0, 0.1) is 12.0 Å². The summed E-state index contributed by atoms with van der Waals surface area (Å²) in [5.74, 6) is 0.556. The molecule has 0 aliphatic heterocycles. The molecule has 0 spiro atoms. The summed E-state index contributed by atoms with van der Waals surface area (Å²) in [6.45, 7) is 13.4. The molecule has 3 aliphatic carbocycles. The van der Waals surface area contributed by atoms with Gasteiger partial charge < -0.3 is 24.8 Å². The van der Waals surface area contributed by atoms with Crippen LogP contribution in [0.15, 0.2) is 109 Å². The summed E-state index contributed by atoms with van der Waals surface area (Å²) in [7, 11) is 0. The third kappa shape index (κ3) is 9.24. The Kier molecular flexibility index (Phi) is 13.0. The maximum atomic E-state index is 5.84. The molecule has 0 saturated carbocycles. The first kappa shape index (κ1) is 39.3. The predicted octanol–water partition coefficient (Wildman–Crippen LogP) is 6.35. The Morgan fingerprint density at radius 3 is 1.47 bits per heavy atom. The van der Waals surface area contributed by atoms with E-state index in [0.717, 1.165) is 10.0 Å². The molecular formula is C44H40Cl4Zr-4. The molecule has 0 saturated heterocycles. The first-order valence-corrected chi connectivity index (χ1v) is 19.8. The Bertz CT molecular complexity index is 2010. The molecule has 49 heavy (non-hydrogen) atoms. The summed E-state index contributed by atoms with van der Waals surface area (Å²) in [4.78, 5) is 0. The van der Waals surface area contributed by atoms with Crippen LogP contribution in [0.1, 0.15) is 74.9 Å². The van der Waals surface area contributed by atoms with Crippen molar-refractivity contribution in [2.45, 2.75) is 52.4 Å². The molecule has 0 radical (unpaired) electrons. The van der Waals surface area contributed by atoms with Crippen molar-refractivity contribution >= 4 is 64.3 Å². The van der Waals surface area contributed by atoms with Gasteiger partial charge in [0.15, 0.2) is 0 Å². The van der Waals surface area contributed by atoms with Crippen molar-refractivity contribution < 1.29 is 47.1 Å². The average molecular weight is 802 g/mol. The Hall–Kier alpha value is -2.51. The zero-order valence-electron chi connectivity index (χ0n) is 28.7. The second kappa shape index (κ2) is 16.2. The van der Waals surface area contributed by atoms with Crippen molar-refractivity contribution in [3.8, 4) is 0 Å². The van der Waals surface area contributed by atoms with Gasteiger partial charge in [-0.2, -0.15) is 6.08 Å². The summed E-state index contributed by atoms with van der Waals surface area (Å²) in [5, 5.41) is 7.11. The molecule has 5 aromatic rings. The van der Waals surface area contributed by atoms with Crippen LogP contribution >= 0.6 is 23.2 Å². The van der Waals surface area contributed by atoms with Crippen LogP contribution in [-0.2, 0) is 33.1 Å². The van der Waals surface area contributed by atoms with E-state index < -0.39 is 22.3 Å². The number of allylic oxidation sites excluding steroid dienone is 6. The van der Waals surface area contributed by atoms with Crippen molar-refractivity contribution in [2.24, 2.45) is 5.92 Å². The van der Waals surface area contributed by atoms with E-state index in [-0.39, 0.29) is 35.6 Å². The van der Waals surface area contributed by atoms with Gasteiger partial charge in [-0.3, -0.25) is 6.08 Å². The Balaban J connectivity index is 0.000000184. The van der Waals surface area contributed by atoms with Gasteiger partial charge in [0.2, 0.25) is 0 Å². The molecule has 0 amide bonds. The number of hydrogen-bond acceptors (Lipinski definition) is 0. The van der Waals surface area contributed by atoms with Crippen molar-refractivity contribution in [1.82, 2.24) is 0 Å². The fourth-order valence-electron chi connectivity index (χ4n) is 6.41. The SMILES string of the molecule is CC1(C)C=Cc2cc3c(cc21)[cH-]c1cc2c(cc13)C=CC2(C)C.CC1=CC(C)[C-]=C1.Clc1ccc([CH]=[Zr]=[CH]c2ccc(Cl)cc2)cc1.[Cl-].[Cl-]. The first-order chi connectivity index (χ1) is 22.4. The topological polar surface area (TPSA) is 0 Å². The summed E-state index contributed by atoms with van der Waals surface area (Å²) >= 11 is 11.0. The van der Waals surface area contributed by atoms with Crippen LogP contribution in [0.3, 0.4) is 0 Å². The molecule has 5 heteroatoms. The van der Waals surface area contributed by atoms with Crippen LogP contribution in [0.25, 0.3) is 33.7 Å². The zero-order chi connectivity index (χ0) is 33.3. The van der Waals surface area contributed by atoms with Gasteiger partial charge >= 0.3 is 123 Å². The molecule has 5 aromatic carbocycles. The van der Waals surface area contributed by atoms with Crippen LogP contribution in [0.5, 0.6) is 0 Å². The van der Waals surface area contributed by atoms with E-state index in [9.17, 15) is 0 Å². The van der Waals surface area contributed by atoms with Crippen molar-refractivity contribution in [2.75, 3.05) is 0 Å². The molecule has 8 rings (SSSR count). The van der Waals surface area contributed by atoms with Crippen molar-refractivity contribution in [3.63, 3.8) is 0 Å². The maximum Gasteiger partial charge on any atom is -1.00 e. The second-order valence-corrected chi connectivity index (χ2v) is 17.0. The van der Waals surface area contributed by atoms with E-state index in [4.69, 9.17) is 23.2 Å². The van der Waals surface area contributed by atoms with E-state index in [2.05, 4.69) is 140 Å².